The Morgan fingerprint density at radius 2 is 2.19 bits per heavy atom. The van der Waals surface area contributed by atoms with Crippen LogP contribution in [0.1, 0.15) is 33.9 Å². The lowest BCUT2D eigenvalue weighted by molar-refractivity contribution is -0.0608. The number of ether oxygens (including phenoxy) is 2. The van der Waals surface area contributed by atoms with E-state index in [1.807, 2.05) is 18.8 Å². The number of hydrogen-bond donors (Lipinski definition) is 3. The summed E-state index contributed by atoms with van der Waals surface area (Å²) in [5, 5.41) is 6.64. The van der Waals surface area contributed by atoms with Crippen molar-refractivity contribution in [3.8, 4) is 0 Å². The summed E-state index contributed by atoms with van der Waals surface area (Å²) in [4.78, 5) is 39.3. The first-order valence-electron chi connectivity index (χ1n) is 8.19. The number of amides is 1. The monoisotopic (exact) mass is 364 g/mol. The second kappa shape index (κ2) is 7.67. The average Bonchev–Trinajstić information content (AvgIpc) is 2.91. The van der Waals surface area contributed by atoms with Crippen molar-refractivity contribution < 1.29 is 18.8 Å². The minimum Gasteiger partial charge on any atom is -0.379 e. The highest BCUT2D eigenvalue weighted by molar-refractivity contribution is 5.92. The van der Waals surface area contributed by atoms with Crippen molar-refractivity contribution >= 4 is 5.91 Å². The first kappa shape index (κ1) is 18.1. The maximum atomic E-state index is 12.3. The number of nitrogens with one attached hydrogen (secondary N) is 3. The lowest BCUT2D eigenvalue weighted by Crippen LogP contribution is -2.51. The van der Waals surface area contributed by atoms with Gasteiger partial charge in [0.05, 0.1) is 31.1 Å². The molecule has 0 aliphatic carbocycles. The average molecular weight is 364 g/mol. The molecular weight excluding hydrogens is 344 g/mol. The largest absolute Gasteiger partial charge is 0.379 e. The van der Waals surface area contributed by atoms with E-state index < -0.39 is 23.2 Å². The third-order valence-corrected chi connectivity index (χ3v) is 4.24. The van der Waals surface area contributed by atoms with E-state index in [0.717, 1.165) is 17.3 Å². The molecule has 10 nitrogen and oxygen atoms in total. The Kier molecular flexibility index (Phi) is 5.33. The smallest absolute Gasteiger partial charge is 0.326 e. The predicted octanol–water partition coefficient (Wildman–Crippen LogP) is -0.228. The van der Waals surface area contributed by atoms with Crippen LogP contribution >= 0.6 is 0 Å². The van der Waals surface area contributed by atoms with Gasteiger partial charge in [0.1, 0.15) is 11.5 Å². The molecule has 3 heterocycles. The van der Waals surface area contributed by atoms with Gasteiger partial charge in [-0.15, -0.1) is 0 Å². The molecule has 10 heteroatoms. The number of carbonyl (C=O) groups is 1. The van der Waals surface area contributed by atoms with Gasteiger partial charge in [0, 0.05) is 18.2 Å². The summed E-state index contributed by atoms with van der Waals surface area (Å²) in [5.41, 5.74) is 0.129. The summed E-state index contributed by atoms with van der Waals surface area (Å²) < 4.78 is 16.5. The van der Waals surface area contributed by atoms with Gasteiger partial charge in [-0.1, -0.05) is 5.16 Å². The van der Waals surface area contributed by atoms with Crippen molar-refractivity contribution in [2.24, 2.45) is 0 Å². The normalized spacial score (nSPS) is 20.1. The lowest BCUT2D eigenvalue weighted by Gasteiger charge is -2.32. The number of aromatic amines is 2. The summed E-state index contributed by atoms with van der Waals surface area (Å²) in [5.74, 6) is 0.117. The van der Waals surface area contributed by atoms with Crippen LogP contribution in [0.2, 0.25) is 0 Å². The molecule has 2 atom stereocenters. The van der Waals surface area contributed by atoms with Crippen LogP contribution in [0.5, 0.6) is 0 Å². The van der Waals surface area contributed by atoms with Crippen molar-refractivity contribution in [1.82, 2.24) is 20.4 Å². The summed E-state index contributed by atoms with van der Waals surface area (Å²) in [7, 11) is 0. The first-order chi connectivity index (χ1) is 12.4. The molecule has 3 rings (SSSR count). The third kappa shape index (κ3) is 4.09. The number of carbonyl (C=O) groups excluding carboxylic acids is 1. The van der Waals surface area contributed by atoms with Crippen LogP contribution in [-0.2, 0) is 16.1 Å². The van der Waals surface area contributed by atoms with Crippen molar-refractivity contribution in [1.29, 1.82) is 0 Å². The minimum absolute atomic E-state index is 0.117. The highest BCUT2D eigenvalue weighted by atomic mass is 16.5. The Balaban J connectivity index is 1.67. The molecule has 26 heavy (non-hydrogen) atoms. The molecule has 2 aromatic heterocycles. The van der Waals surface area contributed by atoms with E-state index in [1.165, 1.54) is 0 Å². The zero-order valence-electron chi connectivity index (χ0n) is 14.5. The Labute approximate surface area is 147 Å². The van der Waals surface area contributed by atoms with E-state index in [2.05, 4.69) is 15.5 Å². The summed E-state index contributed by atoms with van der Waals surface area (Å²) in [6, 6.07) is 0.611. The number of nitrogens with zero attached hydrogens (tertiary/aromatic N) is 1. The van der Waals surface area contributed by atoms with Gasteiger partial charge in [-0.25, -0.2) is 4.79 Å². The summed E-state index contributed by atoms with van der Waals surface area (Å²) >= 11 is 0. The quantitative estimate of drug-likeness (QED) is 0.666. The van der Waals surface area contributed by atoms with Crippen molar-refractivity contribution in [3.63, 3.8) is 0 Å². The highest BCUT2D eigenvalue weighted by Crippen LogP contribution is 2.18. The molecule has 0 saturated carbocycles. The summed E-state index contributed by atoms with van der Waals surface area (Å²) in [6.45, 7) is 4.73. The molecular formula is C16H20N4O6. The van der Waals surface area contributed by atoms with Crippen molar-refractivity contribution in [3.05, 3.63) is 49.6 Å². The molecule has 3 N–H and O–H groups in total. The molecule has 0 unspecified atom stereocenters. The van der Waals surface area contributed by atoms with Crippen LogP contribution < -0.4 is 16.6 Å². The number of hydrogen-bond acceptors (Lipinski definition) is 7. The van der Waals surface area contributed by atoms with Gasteiger partial charge in [-0.05, 0) is 20.3 Å². The maximum absolute atomic E-state index is 12.3. The molecule has 1 aliphatic heterocycles. The highest BCUT2D eigenvalue weighted by Gasteiger charge is 2.29. The van der Waals surface area contributed by atoms with Gasteiger partial charge in [0.15, 0.2) is 0 Å². The van der Waals surface area contributed by atoms with Crippen LogP contribution in [0.3, 0.4) is 0 Å². The number of H-pyrrole nitrogens is 2. The zero-order chi connectivity index (χ0) is 18.7. The van der Waals surface area contributed by atoms with Crippen LogP contribution in [0.4, 0.5) is 0 Å². The van der Waals surface area contributed by atoms with Gasteiger partial charge < -0.3 is 24.3 Å². The number of rotatable bonds is 5. The van der Waals surface area contributed by atoms with Gasteiger partial charge in [0.25, 0.3) is 11.5 Å². The zero-order valence-corrected chi connectivity index (χ0v) is 14.5. The Bertz CT molecular complexity index is 851. The number of aromatic nitrogens is 3. The molecule has 1 fully saturated rings. The second-order valence-corrected chi connectivity index (χ2v) is 6.10. The molecule has 0 aromatic carbocycles. The van der Waals surface area contributed by atoms with Gasteiger partial charge in [-0.2, -0.15) is 0 Å². The molecule has 0 bridgehead atoms. The van der Waals surface area contributed by atoms with Gasteiger partial charge >= 0.3 is 5.69 Å². The van der Waals surface area contributed by atoms with Crippen LogP contribution in [0, 0.1) is 13.8 Å². The summed E-state index contributed by atoms with van der Waals surface area (Å²) in [6.07, 6.45) is 0.315. The molecule has 1 amide bonds. The minimum atomic E-state index is -0.742. The Morgan fingerprint density at radius 1 is 1.38 bits per heavy atom. The SMILES string of the molecule is Cc1noc(C)c1CO[C@H]1CCOC[C@H]1NC(=O)c1cc(=O)[nH]c(=O)[nH]1. The molecule has 1 saturated heterocycles. The van der Waals surface area contributed by atoms with E-state index in [-0.39, 0.29) is 18.4 Å². The lowest BCUT2D eigenvalue weighted by atomic mass is 10.1. The van der Waals surface area contributed by atoms with E-state index in [0.29, 0.717) is 25.4 Å². The van der Waals surface area contributed by atoms with Gasteiger partial charge in [-0.3, -0.25) is 14.6 Å². The topological polar surface area (TPSA) is 139 Å². The standard InChI is InChI=1S/C16H20N4O6/c1-8-10(9(2)26-20-8)6-25-13-3-4-24-7-12(13)17-15(22)11-5-14(21)19-16(23)18-11/h5,12-13H,3-4,6-7H2,1-2H3,(H,17,22)(H2,18,19,21,23)/t12-,13+/m1/s1. The van der Waals surface area contributed by atoms with E-state index in [9.17, 15) is 14.4 Å². The van der Waals surface area contributed by atoms with Crippen molar-refractivity contribution in [2.45, 2.75) is 39.0 Å². The van der Waals surface area contributed by atoms with E-state index >= 15 is 0 Å². The van der Waals surface area contributed by atoms with Gasteiger partial charge in [0.2, 0.25) is 0 Å². The van der Waals surface area contributed by atoms with Crippen LogP contribution in [0.25, 0.3) is 0 Å². The van der Waals surface area contributed by atoms with Crippen LogP contribution in [-0.4, -0.2) is 46.4 Å². The molecule has 0 radical (unpaired) electrons. The van der Waals surface area contributed by atoms with Crippen molar-refractivity contribution in [2.75, 3.05) is 13.2 Å². The number of aryl methyl sites for hydroxylation is 2. The molecule has 140 valence electrons. The van der Waals surface area contributed by atoms with E-state index in [1.54, 1.807) is 0 Å². The predicted molar refractivity (Wildman–Crippen MR) is 88.9 cm³/mol. The molecule has 1 aliphatic rings. The maximum Gasteiger partial charge on any atom is 0.326 e. The fourth-order valence-electron chi connectivity index (χ4n) is 2.79. The third-order valence-electron chi connectivity index (χ3n) is 4.24. The Morgan fingerprint density at radius 3 is 2.88 bits per heavy atom. The van der Waals surface area contributed by atoms with Crippen LogP contribution in [0.15, 0.2) is 20.2 Å². The molecule has 0 spiro atoms. The van der Waals surface area contributed by atoms with E-state index in [4.69, 9.17) is 14.0 Å². The molecule has 2 aromatic rings. The second-order valence-electron chi connectivity index (χ2n) is 6.10. The Hall–Kier alpha value is -2.72. The first-order valence-corrected chi connectivity index (χ1v) is 8.19. The fourth-order valence-corrected chi connectivity index (χ4v) is 2.79. The fraction of sp³-hybridized carbons (Fsp3) is 0.500.